The summed E-state index contributed by atoms with van der Waals surface area (Å²) in [6.45, 7) is 1.55. The van der Waals surface area contributed by atoms with E-state index in [0.29, 0.717) is 12.0 Å². The molecule has 6 nitrogen and oxygen atoms in total. The van der Waals surface area contributed by atoms with E-state index in [1.54, 1.807) is 6.20 Å². The van der Waals surface area contributed by atoms with Crippen LogP contribution in [0.15, 0.2) is 42.7 Å². The Hall–Kier alpha value is -2.34. The predicted octanol–water partition coefficient (Wildman–Crippen LogP) is 3.01. The third kappa shape index (κ3) is 3.85. The van der Waals surface area contributed by atoms with Crippen LogP contribution in [0.4, 0.5) is 10.5 Å². The largest absolute Gasteiger partial charge is 0.378 e. The molecule has 1 saturated carbocycles. The number of fused-ring (bicyclic) bond motifs is 1. The molecule has 0 bridgehead atoms. The maximum atomic E-state index is 12.3. The molecule has 25 heavy (non-hydrogen) atoms. The fraction of sp³-hybridized carbons (Fsp3) is 0.474. The van der Waals surface area contributed by atoms with E-state index >= 15 is 0 Å². The van der Waals surface area contributed by atoms with Crippen LogP contribution in [0.3, 0.4) is 0 Å². The lowest BCUT2D eigenvalue weighted by molar-refractivity contribution is 0.0553. The van der Waals surface area contributed by atoms with Crippen LogP contribution >= 0.6 is 0 Å². The van der Waals surface area contributed by atoms with Crippen molar-refractivity contribution >= 4 is 11.7 Å². The summed E-state index contributed by atoms with van der Waals surface area (Å²) in [5.74, 6) is 0.468. The number of amides is 2. The SMILES string of the molecule is O=C(Nc1ccc(Cn2cccn2)cc1)NC1CCCC2OCCC12. The van der Waals surface area contributed by atoms with Gasteiger partial charge in [0.15, 0.2) is 0 Å². The number of aromatic nitrogens is 2. The number of rotatable bonds is 4. The van der Waals surface area contributed by atoms with Crippen LogP contribution in [0.25, 0.3) is 0 Å². The fourth-order valence-corrected chi connectivity index (χ4v) is 3.97. The molecule has 1 saturated heterocycles. The minimum atomic E-state index is -0.127. The van der Waals surface area contributed by atoms with Crippen LogP contribution in [0.5, 0.6) is 0 Å². The van der Waals surface area contributed by atoms with Gasteiger partial charge in [0, 0.05) is 36.6 Å². The molecule has 1 aliphatic carbocycles. The van der Waals surface area contributed by atoms with Gasteiger partial charge < -0.3 is 15.4 Å². The highest BCUT2D eigenvalue weighted by Gasteiger charge is 2.38. The first-order valence-corrected chi connectivity index (χ1v) is 9.03. The number of anilines is 1. The molecular formula is C19H24N4O2. The van der Waals surface area contributed by atoms with Crippen LogP contribution in [0, 0.1) is 5.92 Å². The molecule has 6 heteroatoms. The molecule has 2 fully saturated rings. The first-order chi connectivity index (χ1) is 12.3. The number of carbonyl (C=O) groups excluding carboxylic acids is 1. The van der Waals surface area contributed by atoms with Gasteiger partial charge in [0.05, 0.1) is 12.6 Å². The number of nitrogens with zero attached hydrogens (tertiary/aromatic N) is 2. The molecule has 1 aromatic heterocycles. The van der Waals surface area contributed by atoms with E-state index in [9.17, 15) is 4.79 Å². The van der Waals surface area contributed by atoms with Crippen molar-refractivity contribution in [2.24, 2.45) is 5.92 Å². The quantitative estimate of drug-likeness (QED) is 0.899. The second kappa shape index (κ2) is 7.27. The number of hydrogen-bond acceptors (Lipinski definition) is 3. The molecule has 1 aromatic carbocycles. The second-order valence-electron chi connectivity index (χ2n) is 6.90. The number of benzene rings is 1. The maximum absolute atomic E-state index is 12.3. The average molecular weight is 340 g/mol. The van der Waals surface area contributed by atoms with Gasteiger partial charge in [0.1, 0.15) is 0 Å². The Labute approximate surface area is 147 Å². The van der Waals surface area contributed by atoms with Crippen molar-refractivity contribution in [1.29, 1.82) is 0 Å². The highest BCUT2D eigenvalue weighted by molar-refractivity contribution is 5.89. The Morgan fingerprint density at radius 3 is 2.92 bits per heavy atom. The van der Waals surface area contributed by atoms with Gasteiger partial charge in [-0.05, 0) is 49.4 Å². The normalized spacial score (nSPS) is 25.4. The highest BCUT2D eigenvalue weighted by atomic mass is 16.5. The lowest BCUT2D eigenvalue weighted by atomic mass is 9.82. The van der Waals surface area contributed by atoms with E-state index in [2.05, 4.69) is 15.7 Å². The van der Waals surface area contributed by atoms with Crippen LogP contribution in [0.2, 0.25) is 0 Å². The molecule has 132 valence electrons. The standard InChI is InChI=1S/C19H24N4O2/c24-19(22-17-3-1-4-18-16(17)9-12-25-18)21-15-7-5-14(6-8-15)13-23-11-2-10-20-23/h2,5-8,10-11,16-18H,1,3-4,9,12-13H2,(H2,21,22,24). The van der Waals surface area contributed by atoms with E-state index in [-0.39, 0.29) is 12.1 Å². The summed E-state index contributed by atoms with van der Waals surface area (Å²) in [6, 6.07) is 9.89. The summed E-state index contributed by atoms with van der Waals surface area (Å²) in [5.41, 5.74) is 1.95. The van der Waals surface area contributed by atoms with Crippen molar-refractivity contribution in [2.75, 3.05) is 11.9 Å². The summed E-state index contributed by atoms with van der Waals surface area (Å²) in [7, 11) is 0. The summed E-state index contributed by atoms with van der Waals surface area (Å²) >= 11 is 0. The van der Waals surface area contributed by atoms with E-state index in [0.717, 1.165) is 50.1 Å². The van der Waals surface area contributed by atoms with Crippen LogP contribution in [0.1, 0.15) is 31.2 Å². The Bertz CT molecular complexity index is 699. The van der Waals surface area contributed by atoms with E-state index in [4.69, 9.17) is 4.74 Å². The molecule has 2 amide bonds. The first kappa shape index (κ1) is 16.1. The fourth-order valence-electron chi connectivity index (χ4n) is 3.97. The summed E-state index contributed by atoms with van der Waals surface area (Å²) in [5, 5.41) is 10.3. The van der Waals surface area contributed by atoms with Crippen LogP contribution in [-0.2, 0) is 11.3 Å². The summed E-state index contributed by atoms with van der Waals surface area (Å²) in [6.07, 6.45) is 8.38. The van der Waals surface area contributed by atoms with Gasteiger partial charge in [-0.25, -0.2) is 4.79 Å². The Kier molecular flexibility index (Phi) is 4.70. The number of urea groups is 1. The van der Waals surface area contributed by atoms with Gasteiger partial charge in [-0.1, -0.05) is 12.1 Å². The smallest absolute Gasteiger partial charge is 0.319 e. The maximum Gasteiger partial charge on any atom is 0.319 e. The van der Waals surface area contributed by atoms with Crippen LogP contribution < -0.4 is 10.6 Å². The van der Waals surface area contributed by atoms with Crippen molar-refractivity contribution in [3.05, 3.63) is 48.3 Å². The monoisotopic (exact) mass is 340 g/mol. The van der Waals surface area contributed by atoms with E-state index in [1.165, 1.54) is 0 Å². The van der Waals surface area contributed by atoms with E-state index < -0.39 is 0 Å². The minimum absolute atomic E-state index is 0.127. The Balaban J connectivity index is 1.31. The minimum Gasteiger partial charge on any atom is -0.378 e. The zero-order valence-corrected chi connectivity index (χ0v) is 14.2. The lowest BCUT2D eigenvalue weighted by Gasteiger charge is -2.33. The summed E-state index contributed by atoms with van der Waals surface area (Å²) < 4.78 is 7.64. The van der Waals surface area contributed by atoms with Crippen molar-refractivity contribution < 1.29 is 9.53 Å². The third-order valence-electron chi connectivity index (χ3n) is 5.21. The predicted molar refractivity (Wildman–Crippen MR) is 95.4 cm³/mol. The second-order valence-corrected chi connectivity index (χ2v) is 6.90. The molecular weight excluding hydrogens is 316 g/mol. The molecule has 3 atom stereocenters. The molecule has 1 aliphatic heterocycles. The number of carbonyl (C=O) groups is 1. The zero-order valence-electron chi connectivity index (χ0n) is 14.2. The molecule has 2 N–H and O–H groups in total. The molecule has 2 heterocycles. The van der Waals surface area contributed by atoms with Gasteiger partial charge in [-0.15, -0.1) is 0 Å². The van der Waals surface area contributed by atoms with Crippen molar-refractivity contribution in [1.82, 2.24) is 15.1 Å². The first-order valence-electron chi connectivity index (χ1n) is 9.03. The Morgan fingerprint density at radius 1 is 1.24 bits per heavy atom. The molecule has 3 unspecified atom stereocenters. The van der Waals surface area contributed by atoms with Gasteiger partial charge in [-0.2, -0.15) is 5.10 Å². The third-order valence-corrected chi connectivity index (χ3v) is 5.21. The van der Waals surface area contributed by atoms with Crippen molar-refractivity contribution in [2.45, 2.75) is 44.4 Å². The van der Waals surface area contributed by atoms with Gasteiger partial charge >= 0.3 is 6.03 Å². The highest BCUT2D eigenvalue weighted by Crippen LogP contribution is 2.34. The van der Waals surface area contributed by atoms with Crippen molar-refractivity contribution in [3.8, 4) is 0 Å². The number of nitrogens with one attached hydrogen (secondary N) is 2. The zero-order chi connectivity index (χ0) is 17.1. The van der Waals surface area contributed by atoms with E-state index in [1.807, 2.05) is 41.2 Å². The van der Waals surface area contributed by atoms with Gasteiger partial charge in [-0.3, -0.25) is 4.68 Å². The Morgan fingerprint density at radius 2 is 2.12 bits per heavy atom. The molecule has 4 rings (SSSR count). The molecule has 0 spiro atoms. The van der Waals surface area contributed by atoms with Gasteiger partial charge in [0.2, 0.25) is 0 Å². The molecule has 2 aromatic rings. The molecule has 2 aliphatic rings. The topological polar surface area (TPSA) is 68.2 Å². The number of hydrogen-bond donors (Lipinski definition) is 2. The van der Waals surface area contributed by atoms with Crippen LogP contribution in [-0.4, -0.2) is 34.6 Å². The van der Waals surface area contributed by atoms with Crippen molar-refractivity contribution in [3.63, 3.8) is 0 Å². The number of ether oxygens (including phenoxy) is 1. The van der Waals surface area contributed by atoms with Gasteiger partial charge in [0.25, 0.3) is 0 Å². The average Bonchev–Trinajstić information content (AvgIpc) is 3.28. The molecule has 0 radical (unpaired) electrons. The summed E-state index contributed by atoms with van der Waals surface area (Å²) in [4.78, 5) is 12.3. The lowest BCUT2D eigenvalue weighted by Crippen LogP contribution is -2.47.